The number of anilines is 3. The molecule has 188 valence electrons. The summed E-state index contributed by atoms with van der Waals surface area (Å²) in [6.07, 6.45) is -2.49. The van der Waals surface area contributed by atoms with Crippen LogP contribution in [0.2, 0.25) is 0 Å². The summed E-state index contributed by atoms with van der Waals surface area (Å²) < 4.78 is 45.2. The third kappa shape index (κ3) is 5.28. The molecule has 0 bridgehead atoms. The maximum atomic E-state index is 13.3. The summed E-state index contributed by atoms with van der Waals surface area (Å²) in [6, 6.07) is 14.5. The van der Waals surface area contributed by atoms with Crippen LogP contribution in [0.15, 0.2) is 60.8 Å². The van der Waals surface area contributed by atoms with Gasteiger partial charge in [-0.2, -0.15) is 13.2 Å². The maximum Gasteiger partial charge on any atom is 0.408 e. The number of morpholine rings is 1. The zero-order valence-corrected chi connectivity index (χ0v) is 19.5. The Labute approximate surface area is 206 Å². The monoisotopic (exact) mass is 497 g/mol. The van der Waals surface area contributed by atoms with Crippen LogP contribution >= 0.6 is 0 Å². The molecule has 0 aliphatic carbocycles. The molecule has 5 rings (SSSR count). The average Bonchev–Trinajstić information content (AvgIpc) is 3.40. The second-order valence-electron chi connectivity index (χ2n) is 8.82. The fourth-order valence-corrected chi connectivity index (χ4v) is 4.61. The van der Waals surface area contributed by atoms with Gasteiger partial charge in [-0.15, -0.1) is 0 Å². The molecule has 2 fully saturated rings. The van der Waals surface area contributed by atoms with E-state index in [0.29, 0.717) is 31.3 Å². The highest BCUT2D eigenvalue weighted by atomic mass is 19.4. The van der Waals surface area contributed by atoms with Crippen LogP contribution in [0.4, 0.5) is 30.5 Å². The number of alkyl halides is 3. The number of aromatic nitrogens is 2. The van der Waals surface area contributed by atoms with Crippen molar-refractivity contribution in [1.82, 2.24) is 14.9 Å². The molecule has 1 amide bonds. The Hall–Kier alpha value is -3.66. The number of amides is 1. The summed E-state index contributed by atoms with van der Waals surface area (Å²) in [5, 5.41) is 3.23. The molecule has 2 saturated heterocycles. The van der Waals surface area contributed by atoms with E-state index >= 15 is 0 Å². The van der Waals surface area contributed by atoms with Gasteiger partial charge in [-0.1, -0.05) is 18.2 Å². The lowest BCUT2D eigenvalue weighted by Gasteiger charge is -2.29. The molecule has 3 heterocycles. The third-order valence-corrected chi connectivity index (χ3v) is 6.45. The van der Waals surface area contributed by atoms with Crippen molar-refractivity contribution in [3.05, 3.63) is 66.4 Å². The Morgan fingerprint density at radius 1 is 1.03 bits per heavy atom. The topological polar surface area (TPSA) is 70.6 Å². The molecule has 2 aliphatic rings. The normalized spacial score (nSPS) is 18.4. The van der Waals surface area contributed by atoms with Gasteiger partial charge in [0.05, 0.1) is 18.9 Å². The highest BCUT2D eigenvalue weighted by molar-refractivity contribution is 5.95. The lowest BCUT2D eigenvalue weighted by Crippen LogP contribution is -2.44. The van der Waals surface area contributed by atoms with Gasteiger partial charge in [0.15, 0.2) is 0 Å². The molecule has 2 aliphatic heterocycles. The van der Waals surface area contributed by atoms with Crippen LogP contribution in [0, 0.1) is 0 Å². The van der Waals surface area contributed by atoms with E-state index in [1.807, 2.05) is 18.2 Å². The summed E-state index contributed by atoms with van der Waals surface area (Å²) in [4.78, 5) is 24.8. The average molecular weight is 498 g/mol. The molecular weight excluding hydrogens is 471 g/mol. The Bertz CT molecular complexity index is 1210. The van der Waals surface area contributed by atoms with E-state index < -0.39 is 18.1 Å². The fraction of sp³-hybridized carbons (Fsp3) is 0.346. The van der Waals surface area contributed by atoms with Crippen LogP contribution in [-0.2, 0) is 4.74 Å². The molecule has 1 atom stereocenters. The van der Waals surface area contributed by atoms with Crippen molar-refractivity contribution in [2.45, 2.75) is 25.1 Å². The van der Waals surface area contributed by atoms with Crippen molar-refractivity contribution in [2.75, 3.05) is 43.1 Å². The molecular formula is C26H26F3N5O2. The van der Waals surface area contributed by atoms with Crippen molar-refractivity contribution in [3.8, 4) is 11.3 Å². The fourth-order valence-electron chi connectivity index (χ4n) is 4.61. The smallest absolute Gasteiger partial charge is 0.378 e. The van der Waals surface area contributed by atoms with E-state index in [2.05, 4.69) is 26.3 Å². The van der Waals surface area contributed by atoms with E-state index in [1.165, 1.54) is 0 Å². The van der Waals surface area contributed by atoms with Gasteiger partial charge in [0.1, 0.15) is 6.04 Å². The lowest BCUT2D eigenvalue weighted by atomic mass is 10.1. The number of halogens is 3. The molecule has 0 radical (unpaired) electrons. The number of hydrogen-bond acceptors (Lipinski definition) is 6. The SMILES string of the molecule is O=C(c1ccc(-c2ccnc(Nc3cccc(N4CCOCC4)c3)n2)cc1)N1CCC[C@H]1C(F)(F)F. The van der Waals surface area contributed by atoms with Crippen LogP contribution in [0.3, 0.4) is 0 Å². The number of likely N-dealkylation sites (tertiary alicyclic amines) is 1. The van der Waals surface area contributed by atoms with Gasteiger partial charge in [-0.05, 0) is 49.2 Å². The largest absolute Gasteiger partial charge is 0.408 e. The number of nitrogens with one attached hydrogen (secondary N) is 1. The van der Waals surface area contributed by atoms with Crippen LogP contribution in [0.5, 0.6) is 0 Å². The molecule has 2 aromatic carbocycles. The first-order valence-electron chi connectivity index (χ1n) is 11.9. The summed E-state index contributed by atoms with van der Waals surface area (Å²) >= 11 is 0. The summed E-state index contributed by atoms with van der Waals surface area (Å²) in [6.45, 7) is 3.19. The Kier molecular flexibility index (Phi) is 6.77. The molecule has 0 spiro atoms. The summed E-state index contributed by atoms with van der Waals surface area (Å²) in [5.41, 5.74) is 3.52. The number of rotatable bonds is 5. The van der Waals surface area contributed by atoms with Gasteiger partial charge >= 0.3 is 6.18 Å². The molecule has 0 unspecified atom stereocenters. The van der Waals surface area contributed by atoms with Crippen LogP contribution in [0.1, 0.15) is 23.2 Å². The van der Waals surface area contributed by atoms with E-state index in [4.69, 9.17) is 4.74 Å². The molecule has 1 aromatic heterocycles. The van der Waals surface area contributed by atoms with E-state index in [-0.39, 0.29) is 18.5 Å². The summed E-state index contributed by atoms with van der Waals surface area (Å²) in [7, 11) is 0. The van der Waals surface area contributed by atoms with Crippen LogP contribution < -0.4 is 10.2 Å². The number of ether oxygens (including phenoxy) is 1. The number of nitrogens with zero attached hydrogens (tertiary/aromatic N) is 4. The maximum absolute atomic E-state index is 13.3. The number of carbonyl (C=O) groups is 1. The first-order chi connectivity index (χ1) is 17.4. The highest BCUT2D eigenvalue weighted by Gasteiger charge is 2.47. The van der Waals surface area contributed by atoms with Crippen molar-refractivity contribution >= 4 is 23.2 Å². The van der Waals surface area contributed by atoms with Crippen molar-refractivity contribution < 1.29 is 22.7 Å². The van der Waals surface area contributed by atoms with Crippen LogP contribution in [-0.4, -0.2) is 65.8 Å². The summed E-state index contributed by atoms with van der Waals surface area (Å²) in [5.74, 6) is -0.191. The number of carbonyl (C=O) groups excluding carboxylic acids is 1. The van der Waals surface area contributed by atoms with Gasteiger partial charge in [0, 0.05) is 48.3 Å². The van der Waals surface area contributed by atoms with E-state index in [9.17, 15) is 18.0 Å². The molecule has 1 N–H and O–H groups in total. The van der Waals surface area contributed by atoms with E-state index in [0.717, 1.165) is 34.9 Å². The second-order valence-corrected chi connectivity index (χ2v) is 8.82. The second kappa shape index (κ2) is 10.1. The van der Waals surface area contributed by atoms with Gasteiger partial charge in [0.25, 0.3) is 5.91 Å². The number of hydrogen-bond donors (Lipinski definition) is 1. The Balaban J connectivity index is 1.29. The quantitative estimate of drug-likeness (QED) is 0.541. The minimum absolute atomic E-state index is 0.0562. The van der Waals surface area contributed by atoms with Gasteiger partial charge in [-0.3, -0.25) is 4.79 Å². The molecule has 0 saturated carbocycles. The van der Waals surface area contributed by atoms with Gasteiger partial charge in [-0.25, -0.2) is 9.97 Å². The Morgan fingerprint density at radius 3 is 2.56 bits per heavy atom. The van der Waals surface area contributed by atoms with E-state index in [1.54, 1.807) is 36.5 Å². The minimum atomic E-state index is -4.42. The molecule has 7 nitrogen and oxygen atoms in total. The van der Waals surface area contributed by atoms with Crippen LogP contribution in [0.25, 0.3) is 11.3 Å². The molecule has 36 heavy (non-hydrogen) atoms. The Morgan fingerprint density at radius 2 is 1.81 bits per heavy atom. The highest BCUT2D eigenvalue weighted by Crippen LogP contribution is 2.33. The lowest BCUT2D eigenvalue weighted by molar-refractivity contribution is -0.169. The zero-order chi connectivity index (χ0) is 25.1. The first-order valence-corrected chi connectivity index (χ1v) is 11.9. The molecule has 3 aromatic rings. The van der Waals surface area contributed by atoms with Crippen molar-refractivity contribution in [2.24, 2.45) is 0 Å². The zero-order valence-electron chi connectivity index (χ0n) is 19.5. The predicted octanol–water partition coefficient (Wildman–Crippen LogP) is 4.89. The van der Waals surface area contributed by atoms with Crippen molar-refractivity contribution in [1.29, 1.82) is 0 Å². The third-order valence-electron chi connectivity index (χ3n) is 6.45. The standard InChI is InChI=1S/C26H26F3N5O2/c27-26(28,29)23-5-2-12-34(23)24(35)19-8-6-18(7-9-19)22-10-11-30-25(32-22)31-20-3-1-4-21(17-20)33-13-15-36-16-14-33/h1,3-4,6-11,17,23H,2,5,12-16H2,(H,30,31,32)/t23-/m0/s1. The minimum Gasteiger partial charge on any atom is -0.378 e. The van der Waals surface area contributed by atoms with Gasteiger partial charge in [0.2, 0.25) is 5.95 Å². The predicted molar refractivity (Wildman–Crippen MR) is 130 cm³/mol. The van der Waals surface area contributed by atoms with Gasteiger partial charge < -0.3 is 19.9 Å². The molecule has 10 heteroatoms. The van der Waals surface area contributed by atoms with Crippen molar-refractivity contribution in [3.63, 3.8) is 0 Å². The first kappa shape index (κ1) is 24.1. The number of benzene rings is 2.